The van der Waals surface area contributed by atoms with Crippen molar-refractivity contribution in [3.8, 4) is 0 Å². The van der Waals surface area contributed by atoms with Crippen molar-refractivity contribution < 1.29 is 12.8 Å². The lowest BCUT2D eigenvalue weighted by Gasteiger charge is -2.15. The van der Waals surface area contributed by atoms with E-state index in [4.69, 9.17) is 5.73 Å². The van der Waals surface area contributed by atoms with Gasteiger partial charge in [0.05, 0.1) is 6.04 Å². The lowest BCUT2D eigenvalue weighted by atomic mass is 10.3. The second-order valence-electron chi connectivity index (χ2n) is 4.26. The van der Waals surface area contributed by atoms with Crippen LogP contribution in [0.4, 0.5) is 10.1 Å². The van der Waals surface area contributed by atoms with E-state index in [0.717, 1.165) is 12.1 Å². The number of nitrogen functional groups attached to an aromatic ring is 1. The largest absolute Gasteiger partial charge is 0.398 e. The molecule has 2 rings (SSSR count). The molecule has 0 amide bonds. The number of thiazole rings is 1. The molecule has 21 heavy (non-hydrogen) atoms. The van der Waals surface area contributed by atoms with Gasteiger partial charge in [-0.05, 0) is 34.5 Å². The fourth-order valence-electron chi connectivity index (χ4n) is 1.72. The van der Waals surface area contributed by atoms with Crippen molar-refractivity contribution in [1.29, 1.82) is 0 Å². The summed E-state index contributed by atoms with van der Waals surface area (Å²) in [6.07, 6.45) is 2.09. The second kappa shape index (κ2) is 6.39. The molecule has 0 radical (unpaired) electrons. The van der Waals surface area contributed by atoms with Crippen molar-refractivity contribution in [1.82, 2.24) is 9.71 Å². The standard InChI is InChI=1S/C12H13BrFN3O2S2/c1-2-10(12-16-3-4-20-12)17-21(18,19)11-6-9(15)7(13)5-8(11)14/h3-6,10,17H,2,15H2,1H3. The van der Waals surface area contributed by atoms with Gasteiger partial charge in [-0.15, -0.1) is 11.3 Å². The molecule has 0 saturated carbocycles. The maximum Gasteiger partial charge on any atom is 0.244 e. The molecule has 3 N–H and O–H groups in total. The molecule has 5 nitrogen and oxygen atoms in total. The molecule has 0 fully saturated rings. The first kappa shape index (κ1) is 16.3. The minimum Gasteiger partial charge on any atom is -0.398 e. The average molecular weight is 394 g/mol. The number of hydrogen-bond donors (Lipinski definition) is 2. The van der Waals surface area contributed by atoms with Crippen molar-refractivity contribution in [2.45, 2.75) is 24.3 Å². The van der Waals surface area contributed by atoms with Gasteiger partial charge in [0.25, 0.3) is 0 Å². The number of aromatic nitrogens is 1. The summed E-state index contributed by atoms with van der Waals surface area (Å²) >= 11 is 4.39. The number of sulfonamides is 1. The number of halogens is 2. The van der Waals surface area contributed by atoms with E-state index in [1.165, 1.54) is 11.3 Å². The van der Waals surface area contributed by atoms with Crippen LogP contribution < -0.4 is 10.5 Å². The van der Waals surface area contributed by atoms with E-state index < -0.39 is 26.8 Å². The third-order valence-corrected chi connectivity index (χ3v) is 5.86. The average Bonchev–Trinajstić information content (AvgIpc) is 2.94. The van der Waals surface area contributed by atoms with Gasteiger partial charge in [-0.3, -0.25) is 0 Å². The molecule has 1 unspecified atom stereocenters. The number of nitrogens with zero attached hydrogens (tertiary/aromatic N) is 1. The fraction of sp³-hybridized carbons (Fsp3) is 0.250. The molecule has 0 saturated heterocycles. The molecule has 1 aromatic heterocycles. The Labute approximate surface area is 134 Å². The lowest BCUT2D eigenvalue weighted by molar-refractivity contribution is 0.534. The fourth-order valence-corrected chi connectivity index (χ4v) is 4.26. The predicted molar refractivity (Wildman–Crippen MR) is 84.0 cm³/mol. The number of hydrogen-bond acceptors (Lipinski definition) is 5. The van der Waals surface area contributed by atoms with Crippen LogP contribution in [-0.4, -0.2) is 13.4 Å². The van der Waals surface area contributed by atoms with Crippen LogP contribution in [0.3, 0.4) is 0 Å². The van der Waals surface area contributed by atoms with E-state index in [1.54, 1.807) is 11.6 Å². The summed E-state index contributed by atoms with van der Waals surface area (Å²) < 4.78 is 41.3. The zero-order valence-corrected chi connectivity index (χ0v) is 14.2. The highest BCUT2D eigenvalue weighted by molar-refractivity contribution is 9.10. The molecule has 1 aromatic carbocycles. The molecule has 0 aliphatic rings. The number of anilines is 1. The first-order valence-corrected chi connectivity index (χ1v) is 9.17. The monoisotopic (exact) mass is 393 g/mol. The molecule has 0 bridgehead atoms. The highest BCUT2D eigenvalue weighted by Gasteiger charge is 2.25. The molecule has 9 heteroatoms. The Bertz CT molecular complexity index is 735. The van der Waals surface area contributed by atoms with Crippen molar-refractivity contribution in [2.75, 3.05) is 5.73 Å². The molecule has 0 aliphatic heterocycles. The SMILES string of the molecule is CCC(NS(=O)(=O)c1cc(N)c(Br)cc1F)c1nccs1. The van der Waals surface area contributed by atoms with E-state index in [9.17, 15) is 12.8 Å². The molecular weight excluding hydrogens is 381 g/mol. The topological polar surface area (TPSA) is 85.1 Å². The van der Waals surface area contributed by atoms with Crippen molar-refractivity contribution in [3.63, 3.8) is 0 Å². The van der Waals surface area contributed by atoms with Crippen LogP contribution in [0.5, 0.6) is 0 Å². The summed E-state index contributed by atoms with van der Waals surface area (Å²) in [5.74, 6) is -0.863. The Balaban J connectivity index is 2.36. The second-order valence-corrected chi connectivity index (χ2v) is 7.72. The van der Waals surface area contributed by atoms with E-state index in [-0.39, 0.29) is 5.69 Å². The van der Waals surface area contributed by atoms with E-state index >= 15 is 0 Å². The molecule has 114 valence electrons. The van der Waals surface area contributed by atoms with Gasteiger partial charge in [0, 0.05) is 21.7 Å². The minimum absolute atomic E-state index is 0.152. The Morgan fingerprint density at radius 1 is 1.52 bits per heavy atom. The normalized spacial score (nSPS) is 13.3. The van der Waals surface area contributed by atoms with E-state index in [0.29, 0.717) is 15.9 Å². The Morgan fingerprint density at radius 3 is 2.81 bits per heavy atom. The van der Waals surface area contributed by atoms with Gasteiger partial charge in [-0.2, -0.15) is 0 Å². The summed E-state index contributed by atoms with van der Waals surface area (Å²) in [6.45, 7) is 1.82. The predicted octanol–water partition coefficient (Wildman–Crippen LogP) is 3.06. The first-order chi connectivity index (χ1) is 9.85. The van der Waals surface area contributed by atoms with Crippen LogP contribution in [0.25, 0.3) is 0 Å². The van der Waals surface area contributed by atoms with Crippen LogP contribution in [-0.2, 0) is 10.0 Å². The quantitative estimate of drug-likeness (QED) is 0.764. The van der Waals surface area contributed by atoms with Crippen LogP contribution in [0.15, 0.2) is 33.1 Å². The Morgan fingerprint density at radius 2 is 2.24 bits per heavy atom. The summed E-state index contributed by atoms with van der Waals surface area (Å²) in [4.78, 5) is 3.61. The van der Waals surface area contributed by atoms with Crippen LogP contribution >= 0.6 is 27.3 Å². The van der Waals surface area contributed by atoms with Crippen LogP contribution in [0.2, 0.25) is 0 Å². The number of benzene rings is 1. The number of nitrogens with one attached hydrogen (secondary N) is 1. The summed E-state index contributed by atoms with van der Waals surface area (Å²) in [5, 5.41) is 2.39. The van der Waals surface area contributed by atoms with Crippen LogP contribution in [0.1, 0.15) is 24.4 Å². The number of rotatable bonds is 5. The highest BCUT2D eigenvalue weighted by atomic mass is 79.9. The molecule has 2 aromatic rings. The van der Waals surface area contributed by atoms with Gasteiger partial charge in [0.2, 0.25) is 10.0 Å². The van der Waals surface area contributed by atoms with E-state index in [1.807, 2.05) is 6.92 Å². The van der Waals surface area contributed by atoms with Crippen molar-refractivity contribution in [3.05, 3.63) is 39.0 Å². The molecule has 1 heterocycles. The van der Waals surface area contributed by atoms with Gasteiger partial charge in [0.1, 0.15) is 15.7 Å². The maximum absolute atomic E-state index is 13.9. The van der Waals surface area contributed by atoms with Crippen molar-refractivity contribution >= 4 is 43.0 Å². The van der Waals surface area contributed by atoms with Gasteiger partial charge in [-0.1, -0.05) is 6.92 Å². The third-order valence-electron chi connectivity index (χ3n) is 2.80. The number of nitrogens with two attached hydrogens (primary N) is 1. The highest BCUT2D eigenvalue weighted by Crippen LogP contribution is 2.28. The van der Waals surface area contributed by atoms with Gasteiger partial charge in [0.15, 0.2) is 0 Å². The zero-order chi connectivity index (χ0) is 15.6. The summed E-state index contributed by atoms with van der Waals surface area (Å²) in [6, 6.07) is 1.63. The smallest absolute Gasteiger partial charge is 0.244 e. The van der Waals surface area contributed by atoms with Gasteiger partial charge < -0.3 is 5.73 Å². The molecule has 0 aliphatic carbocycles. The summed E-state index contributed by atoms with van der Waals surface area (Å²) in [5.41, 5.74) is 5.78. The molecule has 0 spiro atoms. The first-order valence-electron chi connectivity index (χ1n) is 6.01. The van der Waals surface area contributed by atoms with E-state index in [2.05, 4.69) is 25.6 Å². The van der Waals surface area contributed by atoms with Gasteiger partial charge >= 0.3 is 0 Å². The summed E-state index contributed by atoms with van der Waals surface area (Å²) in [7, 11) is -4.03. The Hall–Kier alpha value is -1.03. The molecule has 1 atom stereocenters. The van der Waals surface area contributed by atoms with Gasteiger partial charge in [-0.25, -0.2) is 22.5 Å². The molecular formula is C12H13BrFN3O2S2. The maximum atomic E-state index is 13.9. The minimum atomic E-state index is -4.03. The van der Waals surface area contributed by atoms with Crippen molar-refractivity contribution in [2.24, 2.45) is 0 Å². The lowest BCUT2D eigenvalue weighted by Crippen LogP contribution is -2.29. The zero-order valence-electron chi connectivity index (χ0n) is 11.0. The van der Waals surface area contributed by atoms with Crippen LogP contribution in [0, 0.1) is 5.82 Å². The third kappa shape index (κ3) is 3.60. The Kier molecular flexibility index (Phi) is 4.97.